The van der Waals surface area contributed by atoms with Gasteiger partial charge in [0.2, 0.25) is 0 Å². The molecule has 0 N–H and O–H groups in total. The Kier molecular flexibility index (Phi) is 2.63. The van der Waals surface area contributed by atoms with Crippen molar-refractivity contribution >= 4 is 49.0 Å². The Balaban J connectivity index is 2.86. The normalized spacial score (nSPS) is 11.0. The minimum atomic E-state index is 0.573. The summed E-state index contributed by atoms with van der Waals surface area (Å²) in [4.78, 5) is 0. The van der Waals surface area contributed by atoms with E-state index < -0.39 is 0 Å². The molecule has 0 saturated carbocycles. The fourth-order valence-corrected chi connectivity index (χ4v) is 3.78. The highest BCUT2D eigenvalue weighted by Gasteiger charge is 2.09. The molecule has 1 aromatic carbocycles. The molecule has 0 aliphatic heterocycles. The summed E-state index contributed by atoms with van der Waals surface area (Å²) in [6.07, 6.45) is 0. The zero-order chi connectivity index (χ0) is 9.42. The molecule has 13 heavy (non-hydrogen) atoms. The van der Waals surface area contributed by atoms with Crippen molar-refractivity contribution in [2.75, 3.05) is 0 Å². The molecule has 0 atom stereocenters. The van der Waals surface area contributed by atoms with Crippen molar-refractivity contribution in [3.63, 3.8) is 0 Å². The van der Waals surface area contributed by atoms with Gasteiger partial charge in [0.05, 0.1) is 3.79 Å². The molecule has 0 unspecified atom stereocenters. The van der Waals surface area contributed by atoms with Gasteiger partial charge in [-0.1, -0.05) is 18.2 Å². The van der Waals surface area contributed by atoms with Gasteiger partial charge < -0.3 is 0 Å². The second-order valence-electron chi connectivity index (χ2n) is 2.94. The zero-order valence-corrected chi connectivity index (χ0v) is 10.3. The second-order valence-corrected chi connectivity index (χ2v) is 5.55. The van der Waals surface area contributed by atoms with E-state index in [-0.39, 0.29) is 0 Å². The molecular formula is C10H8BrClS. The molecule has 0 nitrogen and oxygen atoms in total. The average Bonchev–Trinajstić information content (AvgIpc) is 2.43. The number of fused-ring (bicyclic) bond motifs is 1. The first-order valence-electron chi connectivity index (χ1n) is 3.96. The maximum Gasteiger partial charge on any atom is 0.0755 e. The molecule has 0 saturated heterocycles. The predicted molar refractivity (Wildman–Crippen MR) is 63.8 cm³/mol. The highest BCUT2D eigenvalue weighted by Crippen LogP contribution is 2.37. The average molecular weight is 276 g/mol. The molecule has 1 aromatic heterocycles. The number of halogens is 2. The summed E-state index contributed by atoms with van der Waals surface area (Å²) in [6, 6.07) is 6.33. The van der Waals surface area contributed by atoms with Gasteiger partial charge in [-0.25, -0.2) is 0 Å². The van der Waals surface area contributed by atoms with Crippen LogP contribution in [0.3, 0.4) is 0 Å². The van der Waals surface area contributed by atoms with E-state index in [1.807, 2.05) is 0 Å². The van der Waals surface area contributed by atoms with Crippen molar-refractivity contribution in [2.24, 2.45) is 0 Å². The van der Waals surface area contributed by atoms with E-state index in [0.29, 0.717) is 5.88 Å². The quantitative estimate of drug-likeness (QED) is 0.661. The molecule has 0 amide bonds. The fourth-order valence-electron chi connectivity index (χ4n) is 1.41. The largest absolute Gasteiger partial charge is 0.128 e. The van der Waals surface area contributed by atoms with E-state index in [4.69, 9.17) is 11.6 Å². The molecule has 0 fully saturated rings. The smallest absolute Gasteiger partial charge is 0.0755 e. The van der Waals surface area contributed by atoms with Crippen LogP contribution in [0.1, 0.15) is 11.1 Å². The molecule has 68 valence electrons. The van der Waals surface area contributed by atoms with Gasteiger partial charge in [0.15, 0.2) is 0 Å². The minimum Gasteiger partial charge on any atom is -0.128 e. The van der Waals surface area contributed by atoms with Crippen LogP contribution < -0.4 is 0 Å². The van der Waals surface area contributed by atoms with Gasteiger partial charge in [-0.3, -0.25) is 0 Å². The lowest BCUT2D eigenvalue weighted by Crippen LogP contribution is -1.75. The van der Waals surface area contributed by atoms with Crippen molar-refractivity contribution < 1.29 is 0 Å². The van der Waals surface area contributed by atoms with Gasteiger partial charge in [-0.15, -0.1) is 22.9 Å². The summed E-state index contributed by atoms with van der Waals surface area (Å²) in [6.45, 7) is 2.13. The third-order valence-electron chi connectivity index (χ3n) is 2.10. The molecule has 1 heterocycles. The van der Waals surface area contributed by atoms with Gasteiger partial charge in [0.25, 0.3) is 0 Å². The fraction of sp³-hybridized carbons (Fsp3) is 0.200. The Morgan fingerprint density at radius 2 is 2.23 bits per heavy atom. The predicted octanol–water partition coefficient (Wildman–Crippen LogP) is 4.71. The summed E-state index contributed by atoms with van der Waals surface area (Å²) >= 11 is 11.2. The third-order valence-corrected chi connectivity index (χ3v) is 4.50. The molecule has 0 aliphatic carbocycles. The lowest BCUT2D eigenvalue weighted by atomic mass is 10.1. The Morgan fingerprint density at radius 3 is 2.92 bits per heavy atom. The zero-order valence-electron chi connectivity index (χ0n) is 7.10. The third kappa shape index (κ3) is 1.51. The summed E-state index contributed by atoms with van der Waals surface area (Å²) in [5.41, 5.74) is 2.53. The van der Waals surface area contributed by atoms with Crippen LogP contribution in [0.2, 0.25) is 0 Å². The van der Waals surface area contributed by atoms with Crippen LogP contribution in [-0.2, 0) is 5.88 Å². The van der Waals surface area contributed by atoms with Crippen LogP contribution in [-0.4, -0.2) is 0 Å². The maximum absolute atomic E-state index is 5.88. The number of benzene rings is 1. The molecule has 3 heteroatoms. The van der Waals surface area contributed by atoms with E-state index >= 15 is 0 Å². The molecule has 2 rings (SSSR count). The van der Waals surface area contributed by atoms with Crippen molar-refractivity contribution in [2.45, 2.75) is 12.8 Å². The first kappa shape index (κ1) is 9.50. The molecule has 0 spiro atoms. The van der Waals surface area contributed by atoms with E-state index in [0.717, 1.165) is 3.79 Å². The Hall–Kier alpha value is -0.0500. The van der Waals surface area contributed by atoms with Crippen LogP contribution >= 0.6 is 38.9 Å². The maximum atomic E-state index is 5.88. The molecule has 0 bridgehead atoms. The van der Waals surface area contributed by atoms with Crippen molar-refractivity contribution in [3.8, 4) is 0 Å². The molecule has 2 aromatic rings. The Morgan fingerprint density at radius 1 is 1.46 bits per heavy atom. The van der Waals surface area contributed by atoms with Crippen molar-refractivity contribution in [1.29, 1.82) is 0 Å². The number of rotatable bonds is 1. The van der Waals surface area contributed by atoms with Crippen LogP contribution in [0.15, 0.2) is 22.0 Å². The lowest BCUT2D eigenvalue weighted by Gasteiger charge is -1.95. The highest BCUT2D eigenvalue weighted by molar-refractivity contribution is 9.11. The first-order chi connectivity index (χ1) is 6.24. The number of alkyl halides is 1. The summed E-state index contributed by atoms with van der Waals surface area (Å²) in [5.74, 6) is 0.573. The first-order valence-corrected chi connectivity index (χ1v) is 6.11. The van der Waals surface area contributed by atoms with Crippen LogP contribution in [0.4, 0.5) is 0 Å². The number of hydrogen-bond acceptors (Lipinski definition) is 1. The topological polar surface area (TPSA) is 0 Å². The highest BCUT2D eigenvalue weighted by atomic mass is 79.9. The van der Waals surface area contributed by atoms with Crippen molar-refractivity contribution in [3.05, 3.63) is 33.1 Å². The van der Waals surface area contributed by atoms with E-state index in [9.17, 15) is 0 Å². The van der Waals surface area contributed by atoms with E-state index in [2.05, 4.69) is 41.1 Å². The van der Waals surface area contributed by atoms with Crippen molar-refractivity contribution in [1.82, 2.24) is 0 Å². The molecular weight excluding hydrogens is 268 g/mol. The van der Waals surface area contributed by atoms with Gasteiger partial charge in [0, 0.05) is 10.6 Å². The SMILES string of the molecule is Cc1cccc2c(CCl)c(Br)sc12. The van der Waals surface area contributed by atoms with E-state index in [1.54, 1.807) is 11.3 Å². The van der Waals surface area contributed by atoms with Gasteiger partial charge in [-0.2, -0.15) is 0 Å². The van der Waals surface area contributed by atoms with Crippen LogP contribution in [0.25, 0.3) is 10.1 Å². The number of aryl methyl sites for hydroxylation is 1. The minimum absolute atomic E-state index is 0.573. The number of hydrogen-bond donors (Lipinski definition) is 0. The Labute approximate surface area is 94.7 Å². The van der Waals surface area contributed by atoms with Gasteiger partial charge >= 0.3 is 0 Å². The number of thiophene rings is 1. The second kappa shape index (κ2) is 3.60. The summed E-state index contributed by atoms with van der Waals surface area (Å²) in [5, 5.41) is 1.28. The van der Waals surface area contributed by atoms with Gasteiger partial charge in [-0.05, 0) is 39.4 Å². The van der Waals surface area contributed by atoms with Gasteiger partial charge in [0.1, 0.15) is 0 Å². The Bertz CT molecular complexity index is 447. The monoisotopic (exact) mass is 274 g/mol. The van der Waals surface area contributed by atoms with Crippen LogP contribution in [0, 0.1) is 6.92 Å². The van der Waals surface area contributed by atoms with Crippen LogP contribution in [0.5, 0.6) is 0 Å². The van der Waals surface area contributed by atoms with E-state index in [1.165, 1.54) is 21.2 Å². The molecule has 0 aliphatic rings. The summed E-state index contributed by atoms with van der Waals surface area (Å²) in [7, 11) is 0. The molecule has 0 radical (unpaired) electrons. The lowest BCUT2D eigenvalue weighted by molar-refractivity contribution is 1.46. The standard InChI is InChI=1S/C10H8BrClS/c1-6-3-2-4-7-8(5-12)10(11)13-9(6)7/h2-4H,5H2,1H3. The summed E-state index contributed by atoms with van der Waals surface area (Å²) < 4.78 is 2.50.